The van der Waals surface area contributed by atoms with Crippen molar-refractivity contribution in [3.63, 3.8) is 0 Å². The number of hydrogen-bond acceptors (Lipinski definition) is 2. The van der Waals surface area contributed by atoms with Crippen molar-refractivity contribution in [2.75, 3.05) is 0 Å². The Bertz CT molecular complexity index is 386. The molecule has 0 aliphatic heterocycles. The number of rotatable bonds is 0. The van der Waals surface area contributed by atoms with Gasteiger partial charge in [0.05, 0.1) is 11.9 Å². The normalized spacial score (nSPS) is 33.6. The molecule has 2 heteroatoms. The number of fused-ring (bicyclic) bond motifs is 2. The van der Waals surface area contributed by atoms with Crippen LogP contribution in [0.4, 0.5) is 0 Å². The van der Waals surface area contributed by atoms with E-state index >= 15 is 0 Å². The summed E-state index contributed by atoms with van der Waals surface area (Å²) >= 11 is 0. The molecular weight excluding hydrogens is 184 g/mol. The van der Waals surface area contributed by atoms with Gasteiger partial charge in [-0.15, -0.1) is 0 Å². The third-order valence-corrected chi connectivity index (χ3v) is 4.48. The summed E-state index contributed by atoms with van der Waals surface area (Å²) < 4.78 is 0. The predicted molar refractivity (Wildman–Crippen MR) is 59.6 cm³/mol. The summed E-state index contributed by atoms with van der Waals surface area (Å²) in [6.07, 6.45) is 7.16. The van der Waals surface area contributed by atoms with E-state index in [4.69, 9.17) is 0 Å². The van der Waals surface area contributed by atoms with Crippen molar-refractivity contribution in [3.05, 3.63) is 23.0 Å². The van der Waals surface area contributed by atoms with E-state index in [1.165, 1.54) is 36.8 Å². The van der Waals surface area contributed by atoms with Gasteiger partial charge in [0.1, 0.15) is 0 Å². The zero-order valence-corrected chi connectivity index (χ0v) is 9.53. The van der Waals surface area contributed by atoms with Crippen LogP contribution in [0.1, 0.15) is 36.6 Å². The highest BCUT2D eigenvalue weighted by atomic mass is 15.1. The van der Waals surface area contributed by atoms with E-state index in [1.54, 1.807) is 0 Å². The summed E-state index contributed by atoms with van der Waals surface area (Å²) in [4.78, 5) is 0. The summed E-state index contributed by atoms with van der Waals surface area (Å²) in [5, 5.41) is 8.25. The van der Waals surface area contributed by atoms with Crippen LogP contribution in [0, 0.1) is 24.7 Å². The van der Waals surface area contributed by atoms with Crippen molar-refractivity contribution in [3.8, 4) is 0 Å². The van der Waals surface area contributed by atoms with Crippen molar-refractivity contribution in [2.24, 2.45) is 17.8 Å². The topological polar surface area (TPSA) is 25.8 Å². The molecule has 0 saturated heterocycles. The van der Waals surface area contributed by atoms with E-state index in [0.29, 0.717) is 0 Å². The highest BCUT2D eigenvalue weighted by Crippen LogP contribution is 2.52. The number of aryl methyl sites for hydroxylation is 2. The van der Waals surface area contributed by atoms with Gasteiger partial charge in [-0.3, -0.25) is 0 Å². The highest BCUT2D eigenvalue weighted by Gasteiger charge is 2.45. The molecule has 0 amide bonds. The van der Waals surface area contributed by atoms with Gasteiger partial charge in [-0.05, 0) is 61.5 Å². The van der Waals surface area contributed by atoms with Crippen LogP contribution in [0.15, 0.2) is 6.20 Å². The van der Waals surface area contributed by atoms with Crippen LogP contribution in [0.25, 0.3) is 0 Å². The molecule has 1 heterocycles. The Morgan fingerprint density at radius 2 is 1.93 bits per heavy atom. The van der Waals surface area contributed by atoms with Crippen LogP contribution in [-0.2, 0) is 12.8 Å². The maximum atomic E-state index is 4.17. The fraction of sp³-hybridized carbons (Fsp3) is 0.692. The molecule has 2 aliphatic carbocycles. The molecule has 2 nitrogen and oxygen atoms in total. The lowest BCUT2D eigenvalue weighted by atomic mass is 9.94. The first kappa shape index (κ1) is 9.32. The summed E-state index contributed by atoms with van der Waals surface area (Å²) in [7, 11) is 0. The first-order valence-corrected chi connectivity index (χ1v) is 6.07. The third kappa shape index (κ3) is 1.47. The molecule has 0 N–H and O–H groups in total. The molecule has 0 spiro atoms. The van der Waals surface area contributed by atoms with Crippen molar-refractivity contribution >= 4 is 0 Å². The number of aromatic nitrogens is 2. The zero-order valence-electron chi connectivity index (χ0n) is 9.53. The maximum absolute atomic E-state index is 4.17. The third-order valence-electron chi connectivity index (χ3n) is 4.48. The van der Waals surface area contributed by atoms with Gasteiger partial charge in [0, 0.05) is 0 Å². The lowest BCUT2D eigenvalue weighted by Gasteiger charge is -2.13. The SMILES string of the molecule is Cc1nncc2c1CCC1C(C)C1CC2. The second kappa shape index (κ2) is 3.29. The van der Waals surface area contributed by atoms with Gasteiger partial charge in [-0.2, -0.15) is 10.2 Å². The van der Waals surface area contributed by atoms with Crippen LogP contribution in [0.3, 0.4) is 0 Å². The molecule has 3 atom stereocenters. The first-order valence-electron chi connectivity index (χ1n) is 6.07. The molecule has 3 unspecified atom stereocenters. The largest absolute Gasteiger partial charge is 0.159 e. The molecule has 15 heavy (non-hydrogen) atoms. The van der Waals surface area contributed by atoms with Crippen molar-refractivity contribution in [2.45, 2.75) is 39.5 Å². The monoisotopic (exact) mass is 202 g/mol. The lowest BCUT2D eigenvalue weighted by molar-refractivity contribution is 0.581. The van der Waals surface area contributed by atoms with Gasteiger partial charge in [-0.1, -0.05) is 6.92 Å². The van der Waals surface area contributed by atoms with Crippen LogP contribution < -0.4 is 0 Å². The lowest BCUT2D eigenvalue weighted by Crippen LogP contribution is -2.06. The number of hydrogen-bond donors (Lipinski definition) is 0. The minimum Gasteiger partial charge on any atom is -0.159 e. The molecule has 1 fully saturated rings. The Balaban J connectivity index is 1.91. The van der Waals surface area contributed by atoms with Crippen LogP contribution >= 0.6 is 0 Å². The predicted octanol–water partition coefficient (Wildman–Crippen LogP) is 2.55. The molecule has 1 saturated carbocycles. The molecule has 0 bridgehead atoms. The maximum Gasteiger partial charge on any atom is 0.0634 e. The summed E-state index contributed by atoms with van der Waals surface area (Å²) in [6.45, 7) is 4.51. The van der Waals surface area contributed by atoms with Gasteiger partial charge in [0.2, 0.25) is 0 Å². The average Bonchev–Trinajstić information content (AvgIpc) is 2.78. The highest BCUT2D eigenvalue weighted by molar-refractivity contribution is 5.28. The Morgan fingerprint density at radius 3 is 2.73 bits per heavy atom. The van der Waals surface area contributed by atoms with E-state index in [9.17, 15) is 0 Å². The average molecular weight is 202 g/mol. The Labute approximate surface area is 91.1 Å². The Kier molecular flexibility index (Phi) is 2.04. The Hall–Kier alpha value is -0.920. The molecule has 1 aromatic heterocycles. The van der Waals surface area contributed by atoms with E-state index in [0.717, 1.165) is 23.4 Å². The standard InChI is InChI=1S/C13H18N2/c1-8-11-4-3-10-7-14-15-9(2)13(10)6-5-12(8)11/h7-8,11-12H,3-6H2,1-2H3. The van der Waals surface area contributed by atoms with Crippen molar-refractivity contribution < 1.29 is 0 Å². The molecule has 0 radical (unpaired) electrons. The second-order valence-electron chi connectivity index (χ2n) is 5.20. The fourth-order valence-electron chi connectivity index (χ4n) is 3.34. The number of nitrogens with zero attached hydrogens (tertiary/aromatic N) is 2. The first-order chi connectivity index (χ1) is 7.27. The summed E-state index contributed by atoms with van der Waals surface area (Å²) in [6, 6.07) is 0. The summed E-state index contributed by atoms with van der Waals surface area (Å²) in [5.74, 6) is 2.98. The van der Waals surface area contributed by atoms with Crippen LogP contribution in [-0.4, -0.2) is 10.2 Å². The fourth-order valence-corrected chi connectivity index (χ4v) is 3.34. The quantitative estimate of drug-likeness (QED) is 0.646. The minimum absolute atomic E-state index is 0.973. The smallest absolute Gasteiger partial charge is 0.0634 e. The zero-order chi connectivity index (χ0) is 10.4. The molecule has 2 aliphatic rings. The van der Waals surface area contributed by atoms with Crippen LogP contribution in [0.5, 0.6) is 0 Å². The van der Waals surface area contributed by atoms with E-state index in [2.05, 4.69) is 24.0 Å². The van der Waals surface area contributed by atoms with E-state index < -0.39 is 0 Å². The van der Waals surface area contributed by atoms with Crippen LogP contribution in [0.2, 0.25) is 0 Å². The molecule has 1 aromatic rings. The second-order valence-corrected chi connectivity index (χ2v) is 5.20. The molecule has 0 aromatic carbocycles. The van der Waals surface area contributed by atoms with Crippen molar-refractivity contribution in [1.29, 1.82) is 0 Å². The van der Waals surface area contributed by atoms with E-state index in [-0.39, 0.29) is 0 Å². The van der Waals surface area contributed by atoms with Gasteiger partial charge in [0.25, 0.3) is 0 Å². The van der Waals surface area contributed by atoms with E-state index in [1.807, 2.05) is 6.20 Å². The Morgan fingerprint density at radius 1 is 1.20 bits per heavy atom. The van der Waals surface area contributed by atoms with Gasteiger partial charge in [-0.25, -0.2) is 0 Å². The van der Waals surface area contributed by atoms with Crippen molar-refractivity contribution in [1.82, 2.24) is 10.2 Å². The minimum atomic E-state index is 0.973. The van der Waals surface area contributed by atoms with Gasteiger partial charge in [0.15, 0.2) is 0 Å². The van der Waals surface area contributed by atoms with Gasteiger partial charge >= 0.3 is 0 Å². The molecule has 3 rings (SSSR count). The van der Waals surface area contributed by atoms with Gasteiger partial charge < -0.3 is 0 Å². The summed E-state index contributed by atoms with van der Waals surface area (Å²) in [5.41, 5.74) is 4.10. The molecule has 80 valence electrons. The molecular formula is C13H18N2.